The molecule has 5 heteroatoms. The van der Waals surface area contributed by atoms with Crippen LogP contribution in [0, 0.1) is 0 Å². The number of alkyl carbamates (subject to hydrolysis) is 1. The van der Waals surface area contributed by atoms with Gasteiger partial charge in [-0.25, -0.2) is 4.79 Å². The summed E-state index contributed by atoms with van der Waals surface area (Å²) in [5.74, 6) is 0.529. The molecular weight excluding hydrogens is 258 g/mol. The Morgan fingerprint density at radius 2 is 1.85 bits per heavy atom. The number of ketones is 1. The highest BCUT2D eigenvalue weighted by Crippen LogP contribution is 2.17. The molecule has 0 fully saturated rings. The quantitative estimate of drug-likeness (QED) is 0.861. The highest BCUT2D eigenvalue weighted by atomic mass is 16.6. The van der Waals surface area contributed by atoms with Gasteiger partial charge in [0.05, 0.1) is 7.11 Å². The number of carbonyl (C=O) groups excluding carboxylic acids is 2. The molecular formula is C15H21NO4. The van der Waals surface area contributed by atoms with Crippen molar-refractivity contribution in [1.82, 2.24) is 5.32 Å². The standard InChI is InChI=1S/C15H21NO4/c1-10(17)12-6-11(7-13(8-12)19-5)9-16-14(18)20-15(2,3)4/h6-8H,9H2,1-5H3,(H,16,18). The number of hydrogen-bond acceptors (Lipinski definition) is 4. The van der Waals surface area contributed by atoms with Crippen molar-refractivity contribution < 1.29 is 19.1 Å². The lowest BCUT2D eigenvalue weighted by Crippen LogP contribution is -2.32. The zero-order chi connectivity index (χ0) is 15.3. The molecule has 110 valence electrons. The molecule has 0 unspecified atom stereocenters. The molecule has 0 radical (unpaired) electrons. The predicted molar refractivity (Wildman–Crippen MR) is 76.1 cm³/mol. The maximum atomic E-state index is 11.6. The Hall–Kier alpha value is -2.04. The van der Waals surface area contributed by atoms with E-state index in [0.717, 1.165) is 5.56 Å². The van der Waals surface area contributed by atoms with Crippen LogP contribution in [-0.2, 0) is 11.3 Å². The van der Waals surface area contributed by atoms with Gasteiger partial charge < -0.3 is 14.8 Å². The predicted octanol–water partition coefficient (Wildman–Crippen LogP) is 2.92. The molecule has 0 aliphatic rings. The van der Waals surface area contributed by atoms with E-state index >= 15 is 0 Å². The third kappa shape index (κ3) is 5.30. The van der Waals surface area contributed by atoms with Crippen molar-refractivity contribution in [2.24, 2.45) is 0 Å². The summed E-state index contributed by atoms with van der Waals surface area (Å²) in [5, 5.41) is 2.64. The minimum Gasteiger partial charge on any atom is -0.497 e. The van der Waals surface area contributed by atoms with Gasteiger partial charge in [0.25, 0.3) is 0 Å². The van der Waals surface area contributed by atoms with Crippen molar-refractivity contribution in [2.45, 2.75) is 39.8 Å². The summed E-state index contributed by atoms with van der Waals surface area (Å²) in [7, 11) is 1.53. The van der Waals surface area contributed by atoms with Gasteiger partial charge in [-0.15, -0.1) is 0 Å². The van der Waals surface area contributed by atoms with Crippen molar-refractivity contribution in [3.63, 3.8) is 0 Å². The van der Waals surface area contributed by atoms with Gasteiger partial charge in [0.15, 0.2) is 5.78 Å². The highest BCUT2D eigenvalue weighted by molar-refractivity contribution is 5.94. The molecule has 1 N–H and O–H groups in total. The van der Waals surface area contributed by atoms with E-state index in [-0.39, 0.29) is 12.3 Å². The molecule has 1 aromatic carbocycles. The van der Waals surface area contributed by atoms with Gasteiger partial charge >= 0.3 is 6.09 Å². The van der Waals surface area contributed by atoms with Crippen LogP contribution < -0.4 is 10.1 Å². The highest BCUT2D eigenvalue weighted by Gasteiger charge is 2.16. The Morgan fingerprint density at radius 3 is 2.35 bits per heavy atom. The number of ether oxygens (including phenoxy) is 2. The van der Waals surface area contributed by atoms with Crippen LogP contribution >= 0.6 is 0 Å². The molecule has 20 heavy (non-hydrogen) atoms. The SMILES string of the molecule is COc1cc(CNC(=O)OC(C)(C)C)cc(C(C)=O)c1. The number of methoxy groups -OCH3 is 1. The molecule has 0 aliphatic carbocycles. The fraction of sp³-hybridized carbons (Fsp3) is 0.467. The average Bonchev–Trinajstić information content (AvgIpc) is 2.33. The van der Waals surface area contributed by atoms with E-state index in [9.17, 15) is 9.59 Å². The van der Waals surface area contributed by atoms with E-state index in [2.05, 4.69) is 5.32 Å². The normalized spacial score (nSPS) is 10.8. The smallest absolute Gasteiger partial charge is 0.407 e. The Labute approximate surface area is 119 Å². The molecule has 0 aromatic heterocycles. The van der Waals surface area contributed by atoms with Gasteiger partial charge in [0.1, 0.15) is 11.4 Å². The van der Waals surface area contributed by atoms with Crippen LogP contribution in [0.1, 0.15) is 43.6 Å². The number of Topliss-reactive ketones (excluding diaryl/α,β-unsaturated/α-hetero) is 1. The van der Waals surface area contributed by atoms with Crippen LogP contribution in [0.25, 0.3) is 0 Å². The van der Waals surface area contributed by atoms with Crippen LogP contribution in [0.5, 0.6) is 5.75 Å². The monoisotopic (exact) mass is 279 g/mol. The van der Waals surface area contributed by atoms with Gasteiger partial charge in [-0.3, -0.25) is 4.79 Å². The molecule has 0 bridgehead atoms. The second kappa shape index (κ2) is 6.41. The fourth-order valence-corrected chi connectivity index (χ4v) is 1.57. The largest absolute Gasteiger partial charge is 0.497 e. The first-order valence-electron chi connectivity index (χ1n) is 6.37. The first-order chi connectivity index (χ1) is 9.21. The number of amides is 1. The number of hydrogen-bond donors (Lipinski definition) is 1. The molecule has 0 atom stereocenters. The van der Waals surface area contributed by atoms with Crippen LogP contribution in [-0.4, -0.2) is 24.6 Å². The minimum absolute atomic E-state index is 0.0533. The summed E-state index contributed by atoms with van der Waals surface area (Å²) < 4.78 is 10.3. The van der Waals surface area contributed by atoms with Gasteiger partial charge in [0.2, 0.25) is 0 Å². The maximum absolute atomic E-state index is 11.6. The average molecular weight is 279 g/mol. The van der Waals surface area contributed by atoms with E-state index < -0.39 is 11.7 Å². The van der Waals surface area contributed by atoms with E-state index in [0.29, 0.717) is 11.3 Å². The van der Waals surface area contributed by atoms with Gasteiger partial charge in [-0.05, 0) is 51.5 Å². The first kappa shape index (κ1) is 16.0. The third-order valence-corrected chi connectivity index (χ3v) is 2.44. The third-order valence-electron chi connectivity index (χ3n) is 2.44. The van der Waals surface area contributed by atoms with Crippen molar-refractivity contribution in [2.75, 3.05) is 7.11 Å². The Kier molecular flexibility index (Phi) is 5.13. The lowest BCUT2D eigenvalue weighted by molar-refractivity contribution is 0.0523. The van der Waals surface area contributed by atoms with Gasteiger partial charge in [-0.1, -0.05) is 0 Å². The van der Waals surface area contributed by atoms with Crippen LogP contribution in [0.15, 0.2) is 18.2 Å². The molecule has 0 saturated heterocycles. The van der Waals surface area contributed by atoms with Crippen molar-refractivity contribution in [3.05, 3.63) is 29.3 Å². The summed E-state index contributed by atoms with van der Waals surface area (Å²) in [4.78, 5) is 23.0. The molecule has 1 aromatic rings. The molecule has 0 heterocycles. The molecule has 1 amide bonds. The van der Waals surface area contributed by atoms with E-state index in [4.69, 9.17) is 9.47 Å². The van der Waals surface area contributed by atoms with Crippen molar-refractivity contribution in [1.29, 1.82) is 0 Å². The van der Waals surface area contributed by atoms with Crippen LogP contribution in [0.2, 0.25) is 0 Å². The van der Waals surface area contributed by atoms with Gasteiger partial charge in [-0.2, -0.15) is 0 Å². The maximum Gasteiger partial charge on any atom is 0.407 e. The Balaban J connectivity index is 2.75. The van der Waals surface area contributed by atoms with Crippen LogP contribution in [0.4, 0.5) is 4.79 Å². The number of rotatable bonds is 4. The van der Waals surface area contributed by atoms with E-state index in [1.165, 1.54) is 14.0 Å². The second-order valence-corrected chi connectivity index (χ2v) is 5.48. The summed E-state index contributed by atoms with van der Waals surface area (Å²) in [6.07, 6.45) is -0.496. The van der Waals surface area contributed by atoms with Crippen molar-refractivity contribution >= 4 is 11.9 Å². The summed E-state index contributed by atoms with van der Waals surface area (Å²) >= 11 is 0. The molecule has 0 spiro atoms. The van der Waals surface area contributed by atoms with Crippen LogP contribution in [0.3, 0.4) is 0 Å². The molecule has 1 rings (SSSR count). The van der Waals surface area contributed by atoms with Gasteiger partial charge in [0, 0.05) is 12.1 Å². The van der Waals surface area contributed by atoms with E-state index in [1.807, 2.05) is 0 Å². The Bertz CT molecular complexity index is 503. The lowest BCUT2D eigenvalue weighted by Gasteiger charge is -2.19. The summed E-state index contributed by atoms with van der Waals surface area (Å²) in [6, 6.07) is 5.16. The fourth-order valence-electron chi connectivity index (χ4n) is 1.57. The number of benzene rings is 1. The summed E-state index contributed by atoms with van der Waals surface area (Å²) in [6.45, 7) is 7.15. The zero-order valence-corrected chi connectivity index (χ0v) is 12.6. The van der Waals surface area contributed by atoms with E-state index in [1.54, 1.807) is 39.0 Å². The zero-order valence-electron chi connectivity index (χ0n) is 12.6. The topological polar surface area (TPSA) is 64.6 Å². The summed E-state index contributed by atoms with van der Waals surface area (Å²) in [5.41, 5.74) is 0.786. The lowest BCUT2D eigenvalue weighted by atomic mass is 10.1. The van der Waals surface area contributed by atoms with Crippen molar-refractivity contribution in [3.8, 4) is 5.75 Å². The number of carbonyl (C=O) groups is 2. The number of nitrogens with one attached hydrogen (secondary N) is 1. The molecule has 0 saturated carbocycles. The Morgan fingerprint density at radius 1 is 1.20 bits per heavy atom. The molecule has 0 aliphatic heterocycles. The molecule has 5 nitrogen and oxygen atoms in total. The minimum atomic E-state index is -0.539. The first-order valence-corrected chi connectivity index (χ1v) is 6.37. The second-order valence-electron chi connectivity index (χ2n) is 5.48.